The molecule has 0 amide bonds. The second-order valence-electron chi connectivity index (χ2n) is 7.31. The Hall–Kier alpha value is -1.87. The van der Waals surface area contributed by atoms with E-state index in [9.17, 15) is 0 Å². The molecule has 0 heterocycles. The summed E-state index contributed by atoms with van der Waals surface area (Å²) in [6.45, 7) is 11.1. The second kappa shape index (κ2) is 7.80. The topological polar surface area (TPSA) is 24.1 Å². The molecule has 0 spiro atoms. The van der Waals surface area contributed by atoms with Crippen LogP contribution in [0.4, 0.5) is 11.4 Å². The van der Waals surface area contributed by atoms with Gasteiger partial charge < -0.3 is 10.6 Å². The van der Waals surface area contributed by atoms with Gasteiger partial charge in [-0.05, 0) is 59.3 Å². The smallest absolute Gasteiger partial charge is 0.175 e. The number of para-hydroxylation sites is 1. The molecule has 0 fully saturated rings. The first-order chi connectivity index (χ1) is 11.3. The van der Waals surface area contributed by atoms with Crippen LogP contribution in [-0.2, 0) is 5.41 Å². The van der Waals surface area contributed by atoms with Gasteiger partial charge in [0, 0.05) is 11.4 Å². The Labute approximate surface area is 151 Å². The summed E-state index contributed by atoms with van der Waals surface area (Å²) in [5.41, 5.74) is 4.74. The van der Waals surface area contributed by atoms with E-state index in [0.717, 1.165) is 17.8 Å². The van der Waals surface area contributed by atoms with Crippen molar-refractivity contribution in [3.05, 3.63) is 59.7 Å². The number of thiocarbonyl (C=S) groups is 1. The molecule has 24 heavy (non-hydrogen) atoms. The first kappa shape index (κ1) is 18.5. The van der Waals surface area contributed by atoms with Crippen LogP contribution in [0.2, 0.25) is 0 Å². The van der Waals surface area contributed by atoms with Crippen LogP contribution in [0.5, 0.6) is 0 Å². The maximum atomic E-state index is 5.49. The summed E-state index contributed by atoms with van der Waals surface area (Å²) in [5, 5.41) is 7.22. The molecular weight excluding hydrogens is 312 g/mol. The summed E-state index contributed by atoms with van der Waals surface area (Å²) in [6.07, 6.45) is 1.15. The highest BCUT2D eigenvalue weighted by molar-refractivity contribution is 7.80. The Balaban J connectivity index is 2.07. The van der Waals surface area contributed by atoms with E-state index in [-0.39, 0.29) is 5.41 Å². The lowest BCUT2D eigenvalue weighted by atomic mass is 9.86. The van der Waals surface area contributed by atoms with Crippen LogP contribution >= 0.6 is 12.2 Å². The number of anilines is 2. The summed E-state index contributed by atoms with van der Waals surface area (Å²) < 4.78 is 0. The van der Waals surface area contributed by atoms with Crippen molar-refractivity contribution < 1.29 is 0 Å². The predicted octanol–water partition coefficient (Wildman–Crippen LogP) is 6.31. The third-order valence-electron chi connectivity index (χ3n) is 4.33. The van der Waals surface area contributed by atoms with Crippen molar-refractivity contribution in [3.63, 3.8) is 0 Å². The minimum Gasteiger partial charge on any atom is -0.332 e. The molecule has 1 unspecified atom stereocenters. The number of hydrogen-bond donors (Lipinski definition) is 2. The number of rotatable bonds is 4. The van der Waals surface area contributed by atoms with E-state index >= 15 is 0 Å². The van der Waals surface area contributed by atoms with Crippen molar-refractivity contribution in [1.29, 1.82) is 0 Å². The third-order valence-corrected chi connectivity index (χ3v) is 4.54. The van der Waals surface area contributed by atoms with Crippen LogP contribution in [0, 0.1) is 0 Å². The number of benzene rings is 2. The average Bonchev–Trinajstić information content (AvgIpc) is 2.54. The predicted molar refractivity (Wildman–Crippen MR) is 110 cm³/mol. The lowest BCUT2D eigenvalue weighted by Crippen LogP contribution is -2.22. The summed E-state index contributed by atoms with van der Waals surface area (Å²) in [7, 11) is 0. The van der Waals surface area contributed by atoms with E-state index in [4.69, 9.17) is 12.2 Å². The maximum absolute atomic E-state index is 5.49. The van der Waals surface area contributed by atoms with E-state index in [1.54, 1.807) is 0 Å². The van der Waals surface area contributed by atoms with Gasteiger partial charge in [-0.3, -0.25) is 0 Å². The van der Waals surface area contributed by atoms with Gasteiger partial charge in [0.25, 0.3) is 0 Å². The third kappa shape index (κ3) is 4.81. The molecule has 0 radical (unpaired) electrons. The maximum Gasteiger partial charge on any atom is 0.175 e. The summed E-state index contributed by atoms with van der Waals surface area (Å²) in [5.74, 6) is 0.586. The van der Waals surface area contributed by atoms with Crippen LogP contribution in [0.3, 0.4) is 0 Å². The van der Waals surface area contributed by atoms with Gasteiger partial charge in [0.1, 0.15) is 0 Å². The van der Waals surface area contributed by atoms with Gasteiger partial charge in [-0.15, -0.1) is 0 Å². The molecular formula is C21H28N2S. The molecule has 0 saturated heterocycles. The minimum absolute atomic E-state index is 0.0666. The van der Waals surface area contributed by atoms with Gasteiger partial charge in [0.05, 0.1) is 0 Å². The molecule has 0 bridgehead atoms. The monoisotopic (exact) mass is 340 g/mol. The zero-order chi connectivity index (χ0) is 17.7. The van der Waals surface area contributed by atoms with Crippen molar-refractivity contribution in [1.82, 2.24) is 0 Å². The van der Waals surface area contributed by atoms with Crippen LogP contribution < -0.4 is 10.6 Å². The molecule has 0 aliphatic heterocycles. The van der Waals surface area contributed by atoms with Crippen LogP contribution in [0.15, 0.2) is 48.5 Å². The standard InChI is InChI=1S/C21H28N2S/c1-6-15(2)16-11-13-17(14-12-16)22-20(24)23-19-10-8-7-9-18(19)21(3,4)5/h7-15H,6H2,1-5H3,(H2,22,23,24). The van der Waals surface area contributed by atoms with Crippen molar-refractivity contribution in [3.8, 4) is 0 Å². The highest BCUT2D eigenvalue weighted by Crippen LogP contribution is 2.29. The van der Waals surface area contributed by atoms with Gasteiger partial charge in [0.15, 0.2) is 5.11 Å². The fraction of sp³-hybridized carbons (Fsp3) is 0.381. The zero-order valence-corrected chi connectivity index (χ0v) is 16.1. The molecule has 0 saturated carbocycles. The molecule has 0 aliphatic carbocycles. The Kier molecular flexibility index (Phi) is 6.00. The zero-order valence-electron chi connectivity index (χ0n) is 15.3. The van der Waals surface area contributed by atoms with Gasteiger partial charge in [-0.25, -0.2) is 0 Å². The first-order valence-corrected chi connectivity index (χ1v) is 8.99. The van der Waals surface area contributed by atoms with Crippen LogP contribution in [0.25, 0.3) is 0 Å². The quantitative estimate of drug-likeness (QED) is 0.638. The molecule has 1 atom stereocenters. The second-order valence-corrected chi connectivity index (χ2v) is 7.71. The first-order valence-electron chi connectivity index (χ1n) is 8.58. The van der Waals surface area contributed by atoms with E-state index < -0.39 is 0 Å². The van der Waals surface area contributed by atoms with Gasteiger partial charge in [-0.1, -0.05) is 65.0 Å². The fourth-order valence-corrected chi connectivity index (χ4v) is 2.89. The van der Waals surface area contributed by atoms with E-state index in [1.165, 1.54) is 11.1 Å². The SMILES string of the molecule is CCC(C)c1ccc(NC(=S)Nc2ccccc2C(C)(C)C)cc1. The lowest BCUT2D eigenvalue weighted by molar-refractivity contribution is 0.592. The van der Waals surface area contributed by atoms with Crippen molar-refractivity contribution >= 4 is 28.7 Å². The molecule has 0 aromatic heterocycles. The molecule has 2 rings (SSSR count). The average molecular weight is 341 g/mol. The van der Waals surface area contributed by atoms with E-state index in [0.29, 0.717) is 11.0 Å². The summed E-state index contributed by atoms with van der Waals surface area (Å²) >= 11 is 5.49. The van der Waals surface area contributed by atoms with E-state index in [1.807, 2.05) is 6.07 Å². The Morgan fingerprint density at radius 1 is 1.00 bits per heavy atom. The fourth-order valence-electron chi connectivity index (χ4n) is 2.66. The molecule has 0 aliphatic rings. The highest BCUT2D eigenvalue weighted by Gasteiger charge is 2.17. The van der Waals surface area contributed by atoms with Crippen molar-refractivity contribution in [2.75, 3.05) is 10.6 Å². The molecule has 2 nitrogen and oxygen atoms in total. The molecule has 2 aromatic carbocycles. The van der Waals surface area contributed by atoms with Crippen LogP contribution in [-0.4, -0.2) is 5.11 Å². The molecule has 128 valence electrons. The Morgan fingerprint density at radius 3 is 2.21 bits per heavy atom. The van der Waals surface area contributed by atoms with Crippen LogP contribution in [0.1, 0.15) is 58.1 Å². The normalized spacial score (nSPS) is 12.5. The largest absolute Gasteiger partial charge is 0.332 e. The Morgan fingerprint density at radius 2 is 1.62 bits per heavy atom. The summed E-state index contributed by atoms with van der Waals surface area (Å²) in [4.78, 5) is 0. The Bertz CT molecular complexity index is 684. The number of hydrogen-bond acceptors (Lipinski definition) is 1. The van der Waals surface area contributed by atoms with Gasteiger partial charge in [0.2, 0.25) is 0 Å². The molecule has 3 heteroatoms. The molecule has 2 aromatic rings. The van der Waals surface area contributed by atoms with E-state index in [2.05, 4.69) is 87.7 Å². The summed E-state index contributed by atoms with van der Waals surface area (Å²) in [6, 6.07) is 16.8. The van der Waals surface area contributed by atoms with Gasteiger partial charge >= 0.3 is 0 Å². The number of nitrogens with one attached hydrogen (secondary N) is 2. The minimum atomic E-state index is 0.0666. The molecule has 2 N–H and O–H groups in total. The lowest BCUT2D eigenvalue weighted by Gasteiger charge is -2.23. The van der Waals surface area contributed by atoms with Crippen molar-refractivity contribution in [2.45, 2.75) is 52.4 Å². The highest BCUT2D eigenvalue weighted by atomic mass is 32.1. The van der Waals surface area contributed by atoms with Crippen molar-refractivity contribution in [2.24, 2.45) is 0 Å². The van der Waals surface area contributed by atoms with Gasteiger partial charge in [-0.2, -0.15) is 0 Å².